The number of nitrogens with two attached hydrogens (primary N) is 1. The van der Waals surface area contributed by atoms with Gasteiger partial charge in [0, 0.05) is 0 Å². The number of aryl methyl sites for hydroxylation is 1. The number of carboxylic acids is 1. The van der Waals surface area contributed by atoms with Crippen LogP contribution in [-0.2, 0) is 16.0 Å². The molecule has 150 valence electrons. The molecule has 1 aromatic rings. The number of carboxylic acid groups (broad SMARTS) is 1. The van der Waals surface area contributed by atoms with Crippen molar-refractivity contribution in [2.75, 3.05) is 19.6 Å². The van der Waals surface area contributed by atoms with Crippen molar-refractivity contribution in [2.24, 2.45) is 5.73 Å². The van der Waals surface area contributed by atoms with E-state index in [1.54, 1.807) is 19.1 Å². The topological polar surface area (TPSA) is 151 Å². The maximum atomic E-state index is 12.3. The minimum Gasteiger partial charge on any atom is -0.535 e. The molecule has 1 unspecified atom stereocenters. The van der Waals surface area contributed by atoms with Crippen LogP contribution < -0.4 is 20.4 Å². The van der Waals surface area contributed by atoms with Crippen LogP contribution in [0, 0.1) is 0 Å². The quantitative estimate of drug-likeness (QED) is 0.444. The van der Waals surface area contributed by atoms with Crippen molar-refractivity contribution in [3.8, 4) is 11.5 Å². The van der Waals surface area contributed by atoms with Gasteiger partial charge in [-0.3, -0.25) is 9.59 Å². The van der Waals surface area contributed by atoms with Gasteiger partial charge in [0.05, 0.1) is 19.6 Å². The fourth-order valence-corrected chi connectivity index (χ4v) is 3.22. The molecule has 0 radical (unpaired) electrons. The lowest BCUT2D eigenvalue weighted by Gasteiger charge is -2.40. The van der Waals surface area contributed by atoms with Crippen molar-refractivity contribution < 1.29 is 33.9 Å². The Balaban J connectivity index is 1.65. The van der Waals surface area contributed by atoms with Crippen LogP contribution in [0.5, 0.6) is 11.5 Å². The van der Waals surface area contributed by atoms with Gasteiger partial charge in [0.15, 0.2) is 0 Å². The lowest BCUT2D eigenvalue weighted by Crippen LogP contribution is -2.60. The molecule has 5 N–H and O–H groups in total. The fraction of sp³-hybridized carbons (Fsp3) is 0.471. The van der Waals surface area contributed by atoms with Crippen LogP contribution >= 0.6 is 0 Å². The van der Waals surface area contributed by atoms with Crippen LogP contribution in [0.2, 0.25) is 6.32 Å². The Morgan fingerprint density at radius 3 is 2.79 bits per heavy atom. The summed E-state index contributed by atoms with van der Waals surface area (Å²) >= 11 is 0. The zero-order valence-corrected chi connectivity index (χ0v) is 15.4. The van der Waals surface area contributed by atoms with E-state index in [4.69, 9.17) is 15.1 Å². The summed E-state index contributed by atoms with van der Waals surface area (Å²) < 4.78 is 11.1. The first-order valence-corrected chi connectivity index (χ1v) is 8.99. The number of hydrogen-bond donors (Lipinski definition) is 4. The van der Waals surface area contributed by atoms with Gasteiger partial charge in [-0.05, 0) is 31.3 Å². The Bertz CT molecular complexity index is 797. The van der Waals surface area contributed by atoms with Gasteiger partial charge in [-0.25, -0.2) is 4.79 Å². The molecule has 2 aliphatic rings. The molecule has 0 spiro atoms. The molecule has 1 aromatic carbocycles. The van der Waals surface area contributed by atoms with Gasteiger partial charge in [-0.1, -0.05) is 6.07 Å². The van der Waals surface area contributed by atoms with Crippen LogP contribution in [0.25, 0.3) is 0 Å². The van der Waals surface area contributed by atoms with E-state index in [9.17, 15) is 24.5 Å². The number of carbonyl (C=O) groups excluding carboxylic acids is 2. The molecule has 3 rings (SSSR count). The number of carbonyl (C=O) groups is 3. The number of nitrogens with one attached hydrogen (secondary N) is 1. The zero-order chi connectivity index (χ0) is 20.4. The smallest absolute Gasteiger partial charge is 0.522 e. The molecule has 0 aliphatic carbocycles. The lowest BCUT2D eigenvalue weighted by molar-refractivity contribution is -0.143. The van der Waals surface area contributed by atoms with E-state index in [0.717, 1.165) is 0 Å². The molecule has 2 amide bonds. The molecule has 1 atom stereocenters. The van der Waals surface area contributed by atoms with E-state index in [-0.39, 0.29) is 48.7 Å². The number of likely N-dealkylation sites (tertiary alicyclic amines) is 1. The summed E-state index contributed by atoms with van der Waals surface area (Å²) in [4.78, 5) is 36.8. The highest BCUT2D eigenvalue weighted by molar-refractivity contribution is 6.44. The van der Waals surface area contributed by atoms with Crippen molar-refractivity contribution in [3.05, 3.63) is 23.3 Å². The summed E-state index contributed by atoms with van der Waals surface area (Å²) in [5.74, 6) is -1.66. The number of aromatic carboxylic acids is 1. The summed E-state index contributed by atoms with van der Waals surface area (Å²) in [5, 5.41) is 21.7. The van der Waals surface area contributed by atoms with Gasteiger partial charge in [0.2, 0.25) is 11.8 Å². The van der Waals surface area contributed by atoms with Crippen molar-refractivity contribution in [2.45, 2.75) is 31.8 Å². The maximum absolute atomic E-state index is 12.3. The number of nitrogens with zero attached hydrogens (tertiary/aromatic N) is 1. The highest BCUT2D eigenvalue weighted by Gasteiger charge is 2.37. The van der Waals surface area contributed by atoms with Gasteiger partial charge in [0.1, 0.15) is 29.2 Å². The number of hydrogen-bond acceptors (Lipinski definition) is 7. The minimum atomic E-state index is -1.22. The molecule has 1 saturated heterocycles. The molecule has 11 heteroatoms. The Morgan fingerprint density at radius 1 is 1.43 bits per heavy atom. The third-order valence-corrected chi connectivity index (χ3v) is 4.72. The molecular formula is C17H22BN3O7. The molecule has 0 bridgehead atoms. The summed E-state index contributed by atoms with van der Waals surface area (Å²) in [5.41, 5.74) is 5.78. The highest BCUT2D eigenvalue weighted by Crippen LogP contribution is 2.37. The second-order valence-electron chi connectivity index (χ2n) is 6.82. The van der Waals surface area contributed by atoms with Crippen LogP contribution in [0.1, 0.15) is 22.8 Å². The predicted octanol–water partition coefficient (Wildman–Crippen LogP) is -1.15. The van der Waals surface area contributed by atoms with E-state index in [0.29, 0.717) is 18.3 Å². The fourth-order valence-electron chi connectivity index (χ4n) is 3.22. The average molecular weight is 391 g/mol. The van der Waals surface area contributed by atoms with E-state index in [1.165, 1.54) is 4.90 Å². The van der Waals surface area contributed by atoms with Crippen molar-refractivity contribution in [1.29, 1.82) is 0 Å². The summed E-state index contributed by atoms with van der Waals surface area (Å²) in [6, 6.07) is 2.58. The molecule has 28 heavy (non-hydrogen) atoms. The molecule has 0 aromatic heterocycles. The first kappa shape index (κ1) is 20.0. The largest absolute Gasteiger partial charge is 0.535 e. The standard InChI is InChI=1S/C17H22BN3O7/c1-9(20-13(22)6-19)16(23)21-7-11(8-21)27-12-3-2-10-4-5-18(26)28-15(10)14(12)17(24)25/h2-3,9,11,26H,4-8,19H2,1H3,(H,20,22)(H,24,25). The lowest BCUT2D eigenvalue weighted by atomic mass is 9.78. The first-order valence-electron chi connectivity index (χ1n) is 8.99. The van der Waals surface area contributed by atoms with E-state index in [1.807, 2.05) is 0 Å². The molecule has 2 heterocycles. The summed E-state index contributed by atoms with van der Waals surface area (Å²) in [7, 11) is -1.05. The van der Waals surface area contributed by atoms with E-state index in [2.05, 4.69) is 5.32 Å². The Labute approximate surface area is 161 Å². The van der Waals surface area contributed by atoms with Gasteiger partial charge in [0.25, 0.3) is 0 Å². The average Bonchev–Trinajstić information content (AvgIpc) is 2.62. The zero-order valence-electron chi connectivity index (χ0n) is 15.4. The van der Waals surface area contributed by atoms with Gasteiger partial charge >= 0.3 is 13.1 Å². The first-order chi connectivity index (χ1) is 13.3. The maximum Gasteiger partial charge on any atom is 0.522 e. The van der Waals surface area contributed by atoms with E-state index >= 15 is 0 Å². The minimum absolute atomic E-state index is 0.120. The van der Waals surface area contributed by atoms with E-state index < -0.39 is 25.0 Å². The number of ether oxygens (including phenoxy) is 1. The second-order valence-corrected chi connectivity index (χ2v) is 6.82. The third kappa shape index (κ3) is 4.05. The number of rotatable bonds is 6. The van der Waals surface area contributed by atoms with Crippen molar-refractivity contribution in [1.82, 2.24) is 10.2 Å². The summed E-state index contributed by atoms with van der Waals surface area (Å²) in [6.45, 7) is 1.90. The van der Waals surface area contributed by atoms with Crippen LogP contribution in [0.3, 0.4) is 0 Å². The Hall–Kier alpha value is -2.79. The number of benzene rings is 1. The molecule has 1 fully saturated rings. The van der Waals surface area contributed by atoms with Gasteiger partial charge in [-0.15, -0.1) is 0 Å². The molecule has 2 aliphatic heterocycles. The van der Waals surface area contributed by atoms with Crippen LogP contribution in [0.4, 0.5) is 0 Å². The number of amides is 2. The molecule has 10 nitrogen and oxygen atoms in total. The number of fused-ring (bicyclic) bond motifs is 1. The Morgan fingerprint density at radius 2 is 2.14 bits per heavy atom. The predicted molar refractivity (Wildman–Crippen MR) is 98.2 cm³/mol. The molecular weight excluding hydrogens is 369 g/mol. The SMILES string of the molecule is CC(NC(=O)CN)C(=O)N1CC(Oc2ccc3c(c2C(=O)O)OB(O)CC3)C1. The normalized spacial score (nSPS) is 17.1. The van der Waals surface area contributed by atoms with Crippen molar-refractivity contribution >= 4 is 24.9 Å². The van der Waals surface area contributed by atoms with Crippen molar-refractivity contribution in [3.63, 3.8) is 0 Å². The monoisotopic (exact) mass is 391 g/mol. The summed E-state index contributed by atoms with van der Waals surface area (Å²) in [6.07, 6.45) is 0.519. The van der Waals surface area contributed by atoms with Gasteiger partial charge < -0.3 is 35.5 Å². The molecule has 0 saturated carbocycles. The highest BCUT2D eigenvalue weighted by atomic mass is 16.5. The van der Waals surface area contributed by atoms with Crippen LogP contribution in [-0.4, -0.2) is 71.7 Å². The van der Waals surface area contributed by atoms with Gasteiger partial charge in [-0.2, -0.15) is 0 Å². The third-order valence-electron chi connectivity index (χ3n) is 4.72. The Kier molecular flexibility index (Phi) is 5.75. The second kappa shape index (κ2) is 8.07. The van der Waals surface area contributed by atoms with Crippen LogP contribution in [0.15, 0.2) is 12.1 Å².